The molecule has 4 rings (SSSR count). The smallest absolute Gasteiger partial charge is 0.295 e. The van der Waals surface area contributed by atoms with E-state index in [1.807, 2.05) is 38.1 Å². The Bertz CT molecular complexity index is 1140. The van der Waals surface area contributed by atoms with Crippen LogP contribution in [0.5, 0.6) is 11.5 Å². The minimum Gasteiger partial charge on any atom is -0.507 e. The van der Waals surface area contributed by atoms with Gasteiger partial charge in [-0.2, -0.15) is 0 Å². The number of rotatable bonds is 12. The monoisotopic (exact) mass is 536 g/mol. The number of carbonyl (C=O) groups is 2. The van der Waals surface area contributed by atoms with Crippen molar-refractivity contribution in [1.82, 2.24) is 9.80 Å². The Hall–Kier alpha value is -3.36. The molecule has 2 aliphatic rings. The van der Waals surface area contributed by atoms with E-state index in [0.29, 0.717) is 44.1 Å². The van der Waals surface area contributed by atoms with Gasteiger partial charge >= 0.3 is 0 Å². The zero-order valence-corrected chi connectivity index (χ0v) is 23.2. The van der Waals surface area contributed by atoms with E-state index in [9.17, 15) is 14.7 Å². The second-order valence-electron chi connectivity index (χ2n) is 10.3. The van der Waals surface area contributed by atoms with Gasteiger partial charge in [0.15, 0.2) is 0 Å². The number of morpholine rings is 1. The fourth-order valence-electron chi connectivity index (χ4n) is 4.95. The normalized spacial score (nSPS) is 19.6. The van der Waals surface area contributed by atoms with Crippen LogP contribution in [0.2, 0.25) is 0 Å². The van der Waals surface area contributed by atoms with Gasteiger partial charge in [-0.1, -0.05) is 25.5 Å². The van der Waals surface area contributed by atoms with Gasteiger partial charge in [0.2, 0.25) is 0 Å². The highest BCUT2D eigenvalue weighted by atomic mass is 16.5. The average Bonchev–Trinajstić information content (AvgIpc) is 3.19. The van der Waals surface area contributed by atoms with Crippen molar-refractivity contribution in [3.8, 4) is 11.5 Å². The first-order chi connectivity index (χ1) is 18.9. The van der Waals surface area contributed by atoms with E-state index in [-0.39, 0.29) is 17.4 Å². The van der Waals surface area contributed by atoms with Crippen molar-refractivity contribution >= 4 is 17.4 Å². The number of hydrogen-bond donors (Lipinski definition) is 1. The van der Waals surface area contributed by atoms with Crippen LogP contribution in [0.25, 0.3) is 5.76 Å². The van der Waals surface area contributed by atoms with E-state index < -0.39 is 17.7 Å². The highest BCUT2D eigenvalue weighted by Crippen LogP contribution is 2.40. The van der Waals surface area contributed by atoms with Crippen LogP contribution >= 0.6 is 0 Å². The maximum absolute atomic E-state index is 13.3. The summed E-state index contributed by atoms with van der Waals surface area (Å²) in [4.78, 5) is 30.5. The van der Waals surface area contributed by atoms with Crippen LogP contribution in [-0.2, 0) is 14.3 Å². The number of amides is 1. The molecular weight excluding hydrogens is 496 g/mol. The predicted molar refractivity (Wildman–Crippen MR) is 150 cm³/mol. The second kappa shape index (κ2) is 13.6. The molecule has 2 saturated heterocycles. The van der Waals surface area contributed by atoms with E-state index in [1.54, 1.807) is 29.2 Å². The van der Waals surface area contributed by atoms with Crippen molar-refractivity contribution in [1.29, 1.82) is 0 Å². The molecule has 8 nitrogen and oxygen atoms in total. The molecule has 0 aliphatic carbocycles. The fourth-order valence-corrected chi connectivity index (χ4v) is 4.95. The van der Waals surface area contributed by atoms with Gasteiger partial charge in [-0.25, -0.2) is 0 Å². The number of ether oxygens (including phenoxy) is 3. The molecule has 0 saturated carbocycles. The van der Waals surface area contributed by atoms with Gasteiger partial charge in [-0.3, -0.25) is 14.5 Å². The molecule has 39 heavy (non-hydrogen) atoms. The van der Waals surface area contributed by atoms with E-state index in [0.717, 1.165) is 43.8 Å². The zero-order valence-electron chi connectivity index (χ0n) is 23.2. The molecular formula is C31H40N2O6. The lowest BCUT2D eigenvalue weighted by molar-refractivity contribution is -0.140. The van der Waals surface area contributed by atoms with Crippen LogP contribution < -0.4 is 9.47 Å². The largest absolute Gasteiger partial charge is 0.507 e. The molecule has 2 fully saturated rings. The highest BCUT2D eigenvalue weighted by molar-refractivity contribution is 6.46. The molecule has 2 aromatic carbocycles. The number of carbonyl (C=O) groups excluding carboxylic acids is 2. The third kappa shape index (κ3) is 7.19. The van der Waals surface area contributed by atoms with E-state index in [2.05, 4.69) is 11.8 Å². The van der Waals surface area contributed by atoms with Crippen molar-refractivity contribution in [2.45, 2.75) is 52.2 Å². The summed E-state index contributed by atoms with van der Waals surface area (Å²) >= 11 is 0. The van der Waals surface area contributed by atoms with E-state index in [1.165, 1.54) is 0 Å². The third-order valence-electron chi connectivity index (χ3n) is 6.98. The molecule has 2 aromatic rings. The molecule has 2 aliphatic heterocycles. The van der Waals surface area contributed by atoms with Gasteiger partial charge in [-0.15, -0.1) is 0 Å². The number of benzene rings is 2. The fraction of sp³-hybridized carbons (Fsp3) is 0.484. The Balaban J connectivity index is 1.62. The first-order valence-electron chi connectivity index (χ1n) is 14.0. The van der Waals surface area contributed by atoms with Crippen LogP contribution in [0.1, 0.15) is 57.2 Å². The molecule has 0 aromatic heterocycles. The summed E-state index contributed by atoms with van der Waals surface area (Å²) in [6.45, 7) is 11.0. The summed E-state index contributed by atoms with van der Waals surface area (Å²) in [6, 6.07) is 13.7. The van der Waals surface area contributed by atoms with Crippen molar-refractivity contribution in [2.24, 2.45) is 0 Å². The van der Waals surface area contributed by atoms with Crippen LogP contribution in [0.4, 0.5) is 0 Å². The van der Waals surface area contributed by atoms with Crippen molar-refractivity contribution < 1.29 is 28.9 Å². The molecule has 0 bridgehead atoms. The minimum absolute atomic E-state index is 0.0150. The molecule has 1 unspecified atom stereocenters. The Morgan fingerprint density at radius 3 is 2.28 bits per heavy atom. The summed E-state index contributed by atoms with van der Waals surface area (Å²) in [7, 11) is 0. The number of Topliss-reactive ketones (excluding diaryl/α,β-unsaturated/α-hetero) is 1. The number of ketones is 1. The molecule has 1 atom stereocenters. The van der Waals surface area contributed by atoms with Crippen molar-refractivity contribution in [3.63, 3.8) is 0 Å². The number of aliphatic hydroxyl groups is 1. The Labute approximate surface area is 231 Å². The molecule has 210 valence electrons. The lowest BCUT2D eigenvalue weighted by Crippen LogP contribution is -2.38. The van der Waals surface area contributed by atoms with E-state index >= 15 is 0 Å². The van der Waals surface area contributed by atoms with Gasteiger partial charge in [0.1, 0.15) is 17.3 Å². The van der Waals surface area contributed by atoms with Gasteiger partial charge in [-0.05, 0) is 68.7 Å². The minimum atomic E-state index is -0.689. The predicted octanol–water partition coefficient (Wildman–Crippen LogP) is 4.80. The number of unbranched alkanes of at least 4 members (excludes halogenated alkanes) is 1. The average molecular weight is 537 g/mol. The van der Waals surface area contributed by atoms with Crippen LogP contribution in [0.15, 0.2) is 54.1 Å². The Kier molecular flexibility index (Phi) is 10.0. The maximum atomic E-state index is 13.3. The number of hydrogen-bond acceptors (Lipinski definition) is 7. The summed E-state index contributed by atoms with van der Waals surface area (Å²) in [5.74, 6) is -0.0489. The Morgan fingerprint density at radius 2 is 1.64 bits per heavy atom. The van der Waals surface area contributed by atoms with Crippen LogP contribution in [-0.4, -0.2) is 78.7 Å². The van der Waals surface area contributed by atoms with E-state index in [4.69, 9.17) is 14.2 Å². The zero-order chi connectivity index (χ0) is 27.8. The van der Waals surface area contributed by atoms with Crippen molar-refractivity contribution in [3.05, 3.63) is 65.2 Å². The molecule has 0 radical (unpaired) electrons. The number of likely N-dealkylation sites (tertiary alicyclic amines) is 1. The highest BCUT2D eigenvalue weighted by Gasteiger charge is 2.45. The quantitative estimate of drug-likeness (QED) is 0.180. The lowest BCUT2D eigenvalue weighted by Gasteiger charge is -2.29. The van der Waals surface area contributed by atoms with Gasteiger partial charge in [0.05, 0.1) is 37.5 Å². The summed E-state index contributed by atoms with van der Waals surface area (Å²) in [5, 5.41) is 11.4. The topological polar surface area (TPSA) is 88.5 Å². The second-order valence-corrected chi connectivity index (χ2v) is 10.3. The van der Waals surface area contributed by atoms with Crippen molar-refractivity contribution in [2.75, 3.05) is 46.0 Å². The molecule has 0 spiro atoms. The summed E-state index contributed by atoms with van der Waals surface area (Å²) in [6.07, 6.45) is 2.73. The first-order valence-corrected chi connectivity index (χ1v) is 14.0. The van der Waals surface area contributed by atoms with Crippen LogP contribution in [0.3, 0.4) is 0 Å². The van der Waals surface area contributed by atoms with Crippen LogP contribution in [0, 0.1) is 0 Å². The lowest BCUT2D eigenvalue weighted by atomic mass is 9.95. The number of aliphatic hydroxyl groups excluding tert-OH is 1. The molecule has 1 N–H and O–H groups in total. The summed E-state index contributed by atoms with van der Waals surface area (Å²) < 4.78 is 17.0. The first kappa shape index (κ1) is 28.6. The third-order valence-corrected chi connectivity index (χ3v) is 6.98. The molecule has 1 amide bonds. The Morgan fingerprint density at radius 1 is 0.974 bits per heavy atom. The van der Waals surface area contributed by atoms with Gasteiger partial charge < -0.3 is 24.2 Å². The van der Waals surface area contributed by atoms with Gasteiger partial charge in [0.25, 0.3) is 11.7 Å². The number of nitrogens with zero attached hydrogens (tertiary/aromatic N) is 2. The molecule has 2 heterocycles. The van der Waals surface area contributed by atoms with Gasteiger partial charge in [0, 0.05) is 31.7 Å². The summed E-state index contributed by atoms with van der Waals surface area (Å²) in [5.41, 5.74) is 1.32. The standard InChI is InChI=1S/C31H40N2O6/c1-4-5-19-38-25-11-7-23(8-12-25)28-27(29(34)24-9-13-26(14-10-24)39-22(2)3)30(35)31(36)33(28)16-6-15-32-17-20-37-21-18-32/h7-14,22,28,34H,4-6,15-21H2,1-3H3/b29-27+. The molecule has 8 heteroatoms. The SMILES string of the molecule is CCCCOc1ccc(C2/C(=C(\O)c3ccc(OC(C)C)cc3)C(=O)C(=O)N2CCCN2CCOCC2)cc1. The maximum Gasteiger partial charge on any atom is 0.295 e.